The second kappa shape index (κ2) is 8.16. The summed E-state index contributed by atoms with van der Waals surface area (Å²) in [4.78, 5) is 21.5. The van der Waals surface area contributed by atoms with Gasteiger partial charge in [0.1, 0.15) is 18.4 Å². The molecule has 4 aromatic rings. The summed E-state index contributed by atoms with van der Waals surface area (Å²) in [6.45, 7) is 7.39. The van der Waals surface area contributed by atoms with Crippen LogP contribution in [0.3, 0.4) is 0 Å². The summed E-state index contributed by atoms with van der Waals surface area (Å²) >= 11 is 0. The number of anilines is 3. The number of fused-ring (bicyclic) bond motifs is 1. The molecule has 0 unspecified atom stereocenters. The van der Waals surface area contributed by atoms with Crippen molar-refractivity contribution in [1.82, 2.24) is 19.9 Å². The van der Waals surface area contributed by atoms with E-state index in [1.165, 1.54) is 29.6 Å². The van der Waals surface area contributed by atoms with E-state index in [-0.39, 0.29) is 5.41 Å². The lowest BCUT2D eigenvalue weighted by molar-refractivity contribution is 0.458. The number of benzene rings is 2. The third-order valence-electron chi connectivity index (χ3n) is 5.72. The summed E-state index contributed by atoms with van der Waals surface area (Å²) in [5.74, 6) is 1.20. The first-order valence-electron chi connectivity index (χ1n) is 10.9. The standard InChI is InChI=1S/C26H26N6O/c1-26(2,3)18-11-19(32-17-31(4)23-7-5-6-8-24(23)32)13-20(12-18)33-25-14-22(29-16-30-25)21-9-10-27-15-28-21/h5-16H,17H2,1-4H3. The van der Waals surface area contributed by atoms with Crippen molar-refractivity contribution in [2.75, 3.05) is 23.5 Å². The minimum Gasteiger partial charge on any atom is -0.439 e. The van der Waals surface area contributed by atoms with Crippen LogP contribution in [0, 0.1) is 0 Å². The zero-order chi connectivity index (χ0) is 23.0. The highest BCUT2D eigenvalue weighted by atomic mass is 16.5. The Hall–Kier alpha value is -4.00. The van der Waals surface area contributed by atoms with E-state index in [9.17, 15) is 0 Å². The van der Waals surface area contributed by atoms with E-state index in [0.29, 0.717) is 11.6 Å². The fraction of sp³-hybridized carbons (Fsp3) is 0.231. The van der Waals surface area contributed by atoms with E-state index in [4.69, 9.17) is 4.74 Å². The van der Waals surface area contributed by atoms with Gasteiger partial charge >= 0.3 is 0 Å². The van der Waals surface area contributed by atoms with Crippen LogP contribution in [-0.2, 0) is 5.41 Å². The molecule has 166 valence electrons. The van der Waals surface area contributed by atoms with Gasteiger partial charge in [-0.25, -0.2) is 19.9 Å². The Balaban J connectivity index is 1.53. The van der Waals surface area contributed by atoms with Crippen molar-refractivity contribution < 1.29 is 4.74 Å². The Kier molecular flexibility index (Phi) is 5.17. The van der Waals surface area contributed by atoms with Crippen LogP contribution in [0.4, 0.5) is 17.1 Å². The lowest BCUT2D eigenvalue weighted by atomic mass is 9.86. The molecule has 0 N–H and O–H groups in total. The number of nitrogens with zero attached hydrogens (tertiary/aromatic N) is 6. The van der Waals surface area contributed by atoms with Gasteiger partial charge in [0.2, 0.25) is 5.88 Å². The zero-order valence-corrected chi connectivity index (χ0v) is 19.2. The molecule has 33 heavy (non-hydrogen) atoms. The Morgan fingerprint density at radius 2 is 1.64 bits per heavy atom. The predicted molar refractivity (Wildman–Crippen MR) is 130 cm³/mol. The largest absolute Gasteiger partial charge is 0.439 e. The van der Waals surface area contributed by atoms with Gasteiger partial charge in [0.25, 0.3) is 0 Å². The van der Waals surface area contributed by atoms with E-state index in [1.807, 2.05) is 6.07 Å². The monoisotopic (exact) mass is 438 g/mol. The Morgan fingerprint density at radius 1 is 0.848 bits per heavy atom. The Morgan fingerprint density at radius 3 is 2.39 bits per heavy atom. The van der Waals surface area contributed by atoms with Crippen molar-refractivity contribution in [3.63, 3.8) is 0 Å². The fourth-order valence-electron chi connectivity index (χ4n) is 3.93. The minimum atomic E-state index is -0.0446. The lowest BCUT2D eigenvalue weighted by Crippen LogP contribution is -2.24. The first kappa shape index (κ1) is 20.9. The minimum absolute atomic E-state index is 0.0446. The summed E-state index contributed by atoms with van der Waals surface area (Å²) < 4.78 is 6.26. The van der Waals surface area contributed by atoms with Crippen molar-refractivity contribution >= 4 is 17.1 Å². The van der Waals surface area contributed by atoms with Crippen LogP contribution in [0.1, 0.15) is 26.3 Å². The molecule has 0 saturated carbocycles. The summed E-state index contributed by atoms with van der Waals surface area (Å²) in [6, 6.07) is 18.5. The normalized spacial score (nSPS) is 13.2. The predicted octanol–water partition coefficient (Wildman–Crippen LogP) is 5.57. The molecule has 0 radical (unpaired) electrons. The summed E-state index contributed by atoms with van der Waals surface area (Å²) in [6.07, 6.45) is 4.68. The van der Waals surface area contributed by atoms with Gasteiger partial charge in [-0.1, -0.05) is 32.9 Å². The summed E-state index contributed by atoms with van der Waals surface area (Å²) in [7, 11) is 2.11. The molecule has 7 heteroatoms. The maximum absolute atomic E-state index is 6.26. The van der Waals surface area contributed by atoms with Crippen LogP contribution in [0.5, 0.6) is 11.6 Å². The van der Waals surface area contributed by atoms with Gasteiger partial charge in [0.05, 0.1) is 29.4 Å². The SMILES string of the molecule is CN1CN(c2cc(Oc3cc(-c4ccncn4)ncn3)cc(C(C)(C)C)c2)c2ccccc21. The molecule has 2 aromatic heterocycles. The van der Waals surface area contributed by atoms with Gasteiger partial charge in [-0.2, -0.15) is 0 Å². The first-order valence-corrected chi connectivity index (χ1v) is 10.9. The van der Waals surface area contributed by atoms with Gasteiger partial charge in [0, 0.05) is 31.1 Å². The molecule has 2 aromatic carbocycles. The van der Waals surface area contributed by atoms with Gasteiger partial charge in [0.15, 0.2) is 0 Å². The summed E-state index contributed by atoms with van der Waals surface area (Å²) in [5, 5.41) is 0. The molecule has 0 bridgehead atoms. The topological polar surface area (TPSA) is 67.3 Å². The molecule has 3 heterocycles. The molecule has 0 saturated heterocycles. The van der Waals surface area contributed by atoms with Crippen molar-refractivity contribution in [3.05, 3.63) is 79.0 Å². The fourth-order valence-corrected chi connectivity index (χ4v) is 3.93. The molecule has 0 aliphatic carbocycles. The van der Waals surface area contributed by atoms with E-state index in [0.717, 1.165) is 23.8 Å². The molecular formula is C26H26N6O. The highest BCUT2D eigenvalue weighted by Gasteiger charge is 2.26. The molecule has 0 amide bonds. The lowest BCUT2D eigenvalue weighted by Gasteiger charge is -2.25. The average molecular weight is 439 g/mol. The van der Waals surface area contributed by atoms with Crippen LogP contribution in [0.2, 0.25) is 0 Å². The number of para-hydroxylation sites is 2. The molecule has 1 aliphatic heterocycles. The van der Waals surface area contributed by atoms with Crippen LogP contribution in [-0.4, -0.2) is 33.7 Å². The number of ether oxygens (including phenoxy) is 1. The van der Waals surface area contributed by atoms with Crippen molar-refractivity contribution in [2.45, 2.75) is 26.2 Å². The Bertz CT molecular complexity index is 1290. The van der Waals surface area contributed by atoms with E-state index < -0.39 is 0 Å². The molecule has 5 rings (SSSR count). The molecular weight excluding hydrogens is 412 g/mol. The van der Waals surface area contributed by atoms with E-state index >= 15 is 0 Å². The number of hydrogen-bond donors (Lipinski definition) is 0. The van der Waals surface area contributed by atoms with E-state index in [2.05, 4.69) is 100 Å². The smallest absolute Gasteiger partial charge is 0.222 e. The third-order valence-corrected chi connectivity index (χ3v) is 5.72. The number of aromatic nitrogens is 4. The first-order chi connectivity index (χ1) is 15.9. The highest BCUT2D eigenvalue weighted by molar-refractivity contribution is 5.82. The second-order valence-electron chi connectivity index (χ2n) is 9.16. The molecule has 1 aliphatic rings. The van der Waals surface area contributed by atoms with Gasteiger partial charge in [-0.3, -0.25) is 0 Å². The molecule has 0 fully saturated rings. The molecule has 0 atom stereocenters. The maximum Gasteiger partial charge on any atom is 0.222 e. The van der Waals surface area contributed by atoms with Crippen LogP contribution >= 0.6 is 0 Å². The van der Waals surface area contributed by atoms with Crippen LogP contribution < -0.4 is 14.5 Å². The molecule has 0 spiro atoms. The Labute approximate surface area is 193 Å². The number of rotatable bonds is 4. The third kappa shape index (κ3) is 4.22. The summed E-state index contributed by atoms with van der Waals surface area (Å²) in [5.41, 5.74) is 6.03. The second-order valence-corrected chi connectivity index (χ2v) is 9.16. The number of hydrogen-bond acceptors (Lipinski definition) is 7. The highest BCUT2D eigenvalue weighted by Crippen LogP contribution is 2.42. The zero-order valence-electron chi connectivity index (χ0n) is 19.2. The van der Waals surface area contributed by atoms with Gasteiger partial charge < -0.3 is 14.5 Å². The maximum atomic E-state index is 6.26. The van der Waals surface area contributed by atoms with Crippen molar-refractivity contribution in [1.29, 1.82) is 0 Å². The molecule has 7 nitrogen and oxygen atoms in total. The van der Waals surface area contributed by atoms with Gasteiger partial charge in [-0.05, 0) is 41.3 Å². The van der Waals surface area contributed by atoms with Gasteiger partial charge in [-0.15, -0.1) is 0 Å². The van der Waals surface area contributed by atoms with E-state index in [1.54, 1.807) is 12.3 Å². The quantitative estimate of drug-likeness (QED) is 0.413. The van der Waals surface area contributed by atoms with Crippen molar-refractivity contribution in [3.8, 4) is 23.0 Å². The van der Waals surface area contributed by atoms with Crippen LogP contribution in [0.25, 0.3) is 11.4 Å². The average Bonchev–Trinajstić information content (AvgIpc) is 3.16. The van der Waals surface area contributed by atoms with Crippen LogP contribution in [0.15, 0.2) is 73.4 Å². The van der Waals surface area contributed by atoms with Crippen molar-refractivity contribution in [2.24, 2.45) is 0 Å².